The molecule has 8 heteroatoms. The Hall–Kier alpha value is -1.86. The van der Waals surface area contributed by atoms with Crippen LogP contribution in [-0.4, -0.2) is 18.3 Å². The number of esters is 1. The van der Waals surface area contributed by atoms with Crippen LogP contribution in [0.4, 0.5) is 22.0 Å². The molecule has 0 bridgehead atoms. The van der Waals surface area contributed by atoms with Crippen molar-refractivity contribution >= 4 is 5.97 Å². The van der Waals surface area contributed by atoms with Crippen molar-refractivity contribution in [1.82, 2.24) is 0 Å². The van der Waals surface area contributed by atoms with Gasteiger partial charge in [-0.2, -0.15) is 22.0 Å². The van der Waals surface area contributed by atoms with Gasteiger partial charge in [0, 0.05) is 0 Å². The van der Waals surface area contributed by atoms with Gasteiger partial charge in [0.25, 0.3) is 0 Å². The molecule has 2 saturated carbocycles. The molecular weight excluding hydrogens is 467 g/mol. The fourth-order valence-corrected chi connectivity index (χ4v) is 5.62. The second-order valence-corrected chi connectivity index (χ2v) is 10.3. The number of alkyl halides is 5. The smallest absolute Gasteiger partial charge is 0.426 e. The molecule has 3 rings (SSSR count). The van der Waals surface area contributed by atoms with Crippen LogP contribution in [-0.2, 0) is 4.79 Å². The van der Waals surface area contributed by atoms with Gasteiger partial charge in [-0.05, 0) is 80.5 Å². The summed E-state index contributed by atoms with van der Waals surface area (Å²) in [7, 11) is 0. The van der Waals surface area contributed by atoms with Gasteiger partial charge in [-0.15, -0.1) is 0 Å². The topological polar surface area (TPSA) is 35.5 Å². The minimum atomic E-state index is -5.81. The normalized spacial score (nSPS) is 25.8. The third-order valence-electron chi connectivity index (χ3n) is 7.75. The molecule has 0 aliphatic heterocycles. The Labute approximate surface area is 204 Å². The molecule has 0 amide bonds. The van der Waals surface area contributed by atoms with E-state index in [4.69, 9.17) is 4.74 Å². The molecule has 0 heterocycles. The summed E-state index contributed by atoms with van der Waals surface area (Å²) in [4.78, 5) is 12.6. The van der Waals surface area contributed by atoms with Gasteiger partial charge in [0.15, 0.2) is 0 Å². The third-order valence-corrected chi connectivity index (χ3v) is 7.75. The minimum absolute atomic E-state index is 0.0945. The van der Waals surface area contributed by atoms with E-state index in [1.165, 1.54) is 57.8 Å². The van der Waals surface area contributed by atoms with Gasteiger partial charge in [-0.25, -0.2) is 0 Å². The average molecular weight is 505 g/mol. The molecule has 3 nitrogen and oxygen atoms in total. The molecule has 0 aromatic heterocycles. The second kappa shape index (κ2) is 12.4. The highest BCUT2D eigenvalue weighted by molar-refractivity contribution is 5.75. The van der Waals surface area contributed by atoms with Gasteiger partial charge in [0.05, 0.1) is 5.92 Å². The van der Waals surface area contributed by atoms with Crippen molar-refractivity contribution < 1.29 is 36.2 Å². The first-order valence-electron chi connectivity index (χ1n) is 13.0. The van der Waals surface area contributed by atoms with Crippen molar-refractivity contribution in [2.24, 2.45) is 23.7 Å². The quantitative estimate of drug-likeness (QED) is 0.138. The lowest BCUT2D eigenvalue weighted by atomic mass is 9.68. The lowest BCUT2D eigenvalue weighted by molar-refractivity contribution is -0.360. The van der Waals surface area contributed by atoms with E-state index in [1.54, 1.807) is 0 Å². The summed E-state index contributed by atoms with van der Waals surface area (Å²) in [5.41, 5.74) is 0. The number of rotatable bonds is 10. The van der Waals surface area contributed by atoms with E-state index < -0.39 is 18.0 Å². The van der Waals surface area contributed by atoms with Crippen molar-refractivity contribution in [3.63, 3.8) is 0 Å². The summed E-state index contributed by atoms with van der Waals surface area (Å²) in [6.07, 6.45) is 4.34. The number of carbonyl (C=O) groups excluding carboxylic acids is 1. The molecule has 0 spiro atoms. The lowest BCUT2D eigenvalue weighted by Crippen LogP contribution is -2.41. The Balaban J connectivity index is 1.38. The van der Waals surface area contributed by atoms with Crippen molar-refractivity contribution in [2.75, 3.05) is 0 Å². The Morgan fingerprint density at radius 3 is 1.89 bits per heavy atom. The zero-order valence-corrected chi connectivity index (χ0v) is 20.4. The highest BCUT2D eigenvalue weighted by Gasteiger charge is 2.61. The zero-order valence-electron chi connectivity index (χ0n) is 20.4. The van der Waals surface area contributed by atoms with Crippen LogP contribution < -0.4 is 9.47 Å². The van der Waals surface area contributed by atoms with Gasteiger partial charge in [0.2, 0.25) is 0 Å². The highest BCUT2D eigenvalue weighted by Crippen LogP contribution is 2.43. The summed E-state index contributed by atoms with van der Waals surface area (Å²) >= 11 is 0. The summed E-state index contributed by atoms with van der Waals surface area (Å²) in [5, 5.41) is 0. The van der Waals surface area contributed by atoms with Crippen LogP contribution in [0, 0.1) is 23.7 Å². The van der Waals surface area contributed by atoms with Crippen LogP contribution in [0.5, 0.6) is 11.5 Å². The summed E-state index contributed by atoms with van der Waals surface area (Å²) in [5.74, 6) is 1.12. The second-order valence-electron chi connectivity index (χ2n) is 10.3. The van der Waals surface area contributed by atoms with Crippen LogP contribution in [0.2, 0.25) is 0 Å². The molecule has 1 aromatic carbocycles. The van der Waals surface area contributed by atoms with Gasteiger partial charge in [0.1, 0.15) is 11.5 Å². The van der Waals surface area contributed by atoms with E-state index >= 15 is 0 Å². The van der Waals surface area contributed by atoms with Crippen molar-refractivity contribution in [1.29, 1.82) is 0 Å². The molecular formula is C27H37F5O3. The molecule has 0 radical (unpaired) electrons. The van der Waals surface area contributed by atoms with Crippen LogP contribution in [0.3, 0.4) is 0 Å². The van der Waals surface area contributed by atoms with Crippen LogP contribution in [0.1, 0.15) is 90.4 Å². The van der Waals surface area contributed by atoms with Crippen molar-refractivity contribution in [3.8, 4) is 11.5 Å². The van der Waals surface area contributed by atoms with E-state index in [9.17, 15) is 26.7 Å². The molecule has 0 saturated heterocycles. The summed E-state index contributed by atoms with van der Waals surface area (Å²) in [6, 6.07) is 4.18. The Morgan fingerprint density at radius 2 is 1.34 bits per heavy atom. The third kappa shape index (κ3) is 8.07. The summed E-state index contributed by atoms with van der Waals surface area (Å²) in [6.45, 7) is 2.24. The van der Waals surface area contributed by atoms with Gasteiger partial charge in [-0.1, -0.05) is 51.9 Å². The first kappa shape index (κ1) is 27.7. The van der Waals surface area contributed by atoms with E-state index in [1.807, 2.05) is 0 Å². The maximum atomic E-state index is 13.0. The van der Waals surface area contributed by atoms with Crippen molar-refractivity contribution in [3.05, 3.63) is 24.3 Å². The summed E-state index contributed by atoms with van der Waals surface area (Å²) < 4.78 is 71.9. The zero-order chi connectivity index (χ0) is 25.5. The van der Waals surface area contributed by atoms with Crippen LogP contribution >= 0.6 is 0 Å². The predicted octanol–water partition coefficient (Wildman–Crippen LogP) is 8.71. The SMILES string of the molecule is CCCCCCC1CCC(C2CCC(C(=O)Oc3ccc(OC(F)(F)C(F)(F)F)cc3)CC2)CC1. The Kier molecular flexibility index (Phi) is 9.82. The van der Waals surface area contributed by atoms with Gasteiger partial charge >= 0.3 is 18.3 Å². The molecule has 0 atom stereocenters. The number of carbonyl (C=O) groups is 1. The van der Waals surface area contributed by atoms with Gasteiger partial charge in [-0.3, -0.25) is 4.79 Å². The maximum absolute atomic E-state index is 13.0. The average Bonchev–Trinajstić information content (AvgIpc) is 2.83. The van der Waals surface area contributed by atoms with E-state index in [0.29, 0.717) is 5.92 Å². The van der Waals surface area contributed by atoms with Crippen LogP contribution in [0.25, 0.3) is 0 Å². The van der Waals surface area contributed by atoms with E-state index in [-0.39, 0.29) is 17.6 Å². The standard InChI is InChI=1S/C27H37F5O3/c1-2-3-4-5-6-19-7-9-20(10-8-19)21-11-13-22(14-12-21)25(33)34-23-15-17-24(18-16-23)35-27(31,32)26(28,29)30/h15-22H,2-14H2,1H3. The fraction of sp³-hybridized carbons (Fsp3) is 0.741. The van der Waals surface area contributed by atoms with E-state index in [2.05, 4.69) is 11.7 Å². The molecule has 2 aliphatic carbocycles. The molecule has 1 aromatic rings. The fourth-order valence-electron chi connectivity index (χ4n) is 5.62. The first-order valence-corrected chi connectivity index (χ1v) is 13.0. The molecule has 0 unspecified atom stereocenters. The Morgan fingerprint density at radius 1 is 0.800 bits per heavy atom. The minimum Gasteiger partial charge on any atom is -0.426 e. The van der Waals surface area contributed by atoms with Crippen molar-refractivity contribution in [2.45, 2.75) is 103 Å². The molecule has 198 valence electrons. The lowest BCUT2D eigenvalue weighted by Gasteiger charge is -2.37. The van der Waals surface area contributed by atoms with Gasteiger partial charge < -0.3 is 9.47 Å². The number of hydrogen-bond donors (Lipinski definition) is 0. The first-order chi connectivity index (χ1) is 16.6. The number of halogens is 5. The monoisotopic (exact) mass is 504 g/mol. The highest BCUT2D eigenvalue weighted by atomic mass is 19.4. The number of unbranched alkanes of at least 4 members (excludes halogenated alkanes) is 3. The maximum Gasteiger partial charge on any atom is 0.499 e. The predicted molar refractivity (Wildman–Crippen MR) is 123 cm³/mol. The molecule has 0 N–H and O–H groups in total. The number of hydrogen-bond acceptors (Lipinski definition) is 3. The molecule has 2 aliphatic rings. The van der Waals surface area contributed by atoms with Crippen LogP contribution in [0.15, 0.2) is 24.3 Å². The number of ether oxygens (including phenoxy) is 2. The van der Waals surface area contributed by atoms with E-state index in [0.717, 1.165) is 61.8 Å². The molecule has 2 fully saturated rings. The largest absolute Gasteiger partial charge is 0.499 e. The molecule has 35 heavy (non-hydrogen) atoms. The Bertz CT molecular complexity index is 777. The number of benzene rings is 1.